The predicted molar refractivity (Wildman–Crippen MR) is 75.7 cm³/mol. The molecule has 0 spiro atoms. The van der Waals surface area contributed by atoms with E-state index in [1.54, 1.807) is 0 Å². The van der Waals surface area contributed by atoms with Crippen molar-refractivity contribution >= 4 is 12.6 Å². The molecular weight excluding hydrogens is 230 g/mol. The molecule has 100 valence electrons. The predicted octanol–water partition coefficient (Wildman–Crippen LogP) is 2.71. The van der Waals surface area contributed by atoms with Crippen molar-refractivity contribution in [2.75, 3.05) is 25.4 Å². The fourth-order valence-electron chi connectivity index (χ4n) is 3.49. The highest BCUT2D eigenvalue weighted by molar-refractivity contribution is 7.80. The van der Waals surface area contributed by atoms with Crippen LogP contribution in [-0.2, 0) is 0 Å². The molecule has 2 rings (SSSR count). The summed E-state index contributed by atoms with van der Waals surface area (Å²) in [5, 5.41) is 9.76. The normalized spacial score (nSPS) is 31.1. The van der Waals surface area contributed by atoms with Gasteiger partial charge < -0.3 is 10.0 Å². The number of hydrogen-bond donors (Lipinski definition) is 2. The van der Waals surface area contributed by atoms with Gasteiger partial charge in [-0.15, -0.1) is 0 Å². The molecule has 0 radical (unpaired) electrons. The molecule has 1 aliphatic heterocycles. The van der Waals surface area contributed by atoms with E-state index in [9.17, 15) is 5.11 Å². The summed E-state index contributed by atoms with van der Waals surface area (Å²) < 4.78 is 0. The molecule has 2 fully saturated rings. The second-order valence-electron chi connectivity index (χ2n) is 6.10. The number of aliphatic hydroxyl groups is 1. The third-order valence-corrected chi connectivity index (χ3v) is 5.21. The topological polar surface area (TPSA) is 23.5 Å². The molecule has 1 unspecified atom stereocenters. The van der Waals surface area contributed by atoms with E-state index in [1.807, 2.05) is 0 Å². The molecule has 1 heterocycles. The maximum absolute atomic E-state index is 9.76. The second kappa shape index (κ2) is 6.44. The van der Waals surface area contributed by atoms with Crippen LogP contribution in [0, 0.1) is 5.41 Å². The summed E-state index contributed by atoms with van der Waals surface area (Å²) in [6.45, 7) is 3.22. The zero-order valence-corrected chi connectivity index (χ0v) is 11.8. The monoisotopic (exact) mass is 257 g/mol. The van der Waals surface area contributed by atoms with Crippen LogP contribution < -0.4 is 0 Å². The van der Waals surface area contributed by atoms with E-state index in [4.69, 9.17) is 0 Å². The van der Waals surface area contributed by atoms with Gasteiger partial charge >= 0.3 is 0 Å². The zero-order chi connectivity index (χ0) is 12.1. The van der Waals surface area contributed by atoms with Crippen LogP contribution >= 0.6 is 12.6 Å². The molecule has 2 aliphatic rings. The molecule has 1 saturated carbocycles. The van der Waals surface area contributed by atoms with E-state index >= 15 is 0 Å². The number of hydrogen-bond acceptors (Lipinski definition) is 3. The van der Waals surface area contributed by atoms with Gasteiger partial charge in [0.05, 0.1) is 6.10 Å². The SMILES string of the molecule is OC1CCCN(CC2(CS)CCCCCC2)C1. The molecule has 3 heteroatoms. The lowest BCUT2D eigenvalue weighted by Gasteiger charge is -2.39. The minimum atomic E-state index is -0.0912. The first-order valence-corrected chi connectivity index (χ1v) is 7.89. The minimum absolute atomic E-state index is 0.0912. The van der Waals surface area contributed by atoms with Crippen LogP contribution in [0.4, 0.5) is 0 Å². The highest BCUT2D eigenvalue weighted by Crippen LogP contribution is 2.37. The van der Waals surface area contributed by atoms with Crippen molar-refractivity contribution < 1.29 is 5.11 Å². The number of likely N-dealkylation sites (tertiary alicyclic amines) is 1. The number of piperidine rings is 1. The largest absolute Gasteiger partial charge is 0.392 e. The summed E-state index contributed by atoms with van der Waals surface area (Å²) in [5.74, 6) is 1.01. The van der Waals surface area contributed by atoms with Crippen LogP contribution in [-0.4, -0.2) is 41.5 Å². The molecule has 1 saturated heterocycles. The molecule has 0 amide bonds. The molecular formula is C14H27NOS. The fourth-order valence-corrected chi connectivity index (χ4v) is 3.91. The maximum atomic E-state index is 9.76. The van der Waals surface area contributed by atoms with Gasteiger partial charge in [0.15, 0.2) is 0 Å². The van der Waals surface area contributed by atoms with Gasteiger partial charge in [-0.05, 0) is 43.4 Å². The van der Waals surface area contributed by atoms with E-state index < -0.39 is 0 Å². The molecule has 0 aromatic carbocycles. The lowest BCUT2D eigenvalue weighted by molar-refractivity contribution is 0.0442. The van der Waals surface area contributed by atoms with Gasteiger partial charge in [-0.1, -0.05) is 25.7 Å². The van der Waals surface area contributed by atoms with Crippen LogP contribution in [0.3, 0.4) is 0 Å². The maximum Gasteiger partial charge on any atom is 0.0667 e. The summed E-state index contributed by atoms with van der Waals surface area (Å²) in [7, 11) is 0. The van der Waals surface area contributed by atoms with Crippen molar-refractivity contribution in [1.82, 2.24) is 4.90 Å². The van der Waals surface area contributed by atoms with Crippen molar-refractivity contribution in [3.8, 4) is 0 Å². The summed E-state index contributed by atoms with van der Waals surface area (Å²) >= 11 is 4.63. The lowest BCUT2D eigenvalue weighted by Crippen LogP contribution is -2.45. The number of thiol groups is 1. The van der Waals surface area contributed by atoms with Gasteiger partial charge in [-0.2, -0.15) is 12.6 Å². The third-order valence-electron chi connectivity index (χ3n) is 4.54. The van der Waals surface area contributed by atoms with Crippen molar-refractivity contribution in [3.05, 3.63) is 0 Å². The Bertz CT molecular complexity index is 226. The van der Waals surface area contributed by atoms with E-state index in [0.29, 0.717) is 5.41 Å². The average Bonchev–Trinajstić information content (AvgIpc) is 2.55. The van der Waals surface area contributed by atoms with Crippen molar-refractivity contribution in [1.29, 1.82) is 0 Å². The highest BCUT2D eigenvalue weighted by atomic mass is 32.1. The highest BCUT2D eigenvalue weighted by Gasteiger charge is 2.32. The summed E-state index contributed by atoms with van der Waals surface area (Å²) in [6, 6.07) is 0. The first-order chi connectivity index (χ1) is 8.24. The fraction of sp³-hybridized carbons (Fsp3) is 1.00. The number of nitrogens with zero attached hydrogens (tertiary/aromatic N) is 1. The summed E-state index contributed by atoms with van der Waals surface area (Å²) in [4.78, 5) is 2.48. The molecule has 1 atom stereocenters. The molecule has 0 bridgehead atoms. The van der Waals surface area contributed by atoms with E-state index in [1.165, 1.54) is 45.1 Å². The third kappa shape index (κ3) is 3.87. The number of β-amino-alcohol motifs (C(OH)–C–C–N with tert-alkyl or cyclic N) is 1. The first kappa shape index (κ1) is 13.7. The van der Waals surface area contributed by atoms with Crippen LogP contribution in [0.1, 0.15) is 51.4 Å². The van der Waals surface area contributed by atoms with Gasteiger partial charge in [-0.3, -0.25) is 0 Å². The Morgan fingerprint density at radius 1 is 1.12 bits per heavy atom. The van der Waals surface area contributed by atoms with E-state index in [0.717, 1.165) is 31.7 Å². The smallest absolute Gasteiger partial charge is 0.0667 e. The Balaban J connectivity index is 1.92. The van der Waals surface area contributed by atoms with Gasteiger partial charge in [0.1, 0.15) is 0 Å². The summed E-state index contributed by atoms with van der Waals surface area (Å²) in [5.41, 5.74) is 0.427. The van der Waals surface area contributed by atoms with Crippen LogP contribution in [0.15, 0.2) is 0 Å². The average molecular weight is 257 g/mol. The first-order valence-electron chi connectivity index (χ1n) is 7.25. The van der Waals surface area contributed by atoms with Crippen molar-refractivity contribution in [2.24, 2.45) is 5.41 Å². The van der Waals surface area contributed by atoms with Gasteiger partial charge in [-0.25, -0.2) is 0 Å². The Hall–Kier alpha value is 0.270. The van der Waals surface area contributed by atoms with E-state index in [-0.39, 0.29) is 6.10 Å². The molecule has 17 heavy (non-hydrogen) atoms. The van der Waals surface area contributed by atoms with Crippen molar-refractivity contribution in [2.45, 2.75) is 57.5 Å². The Morgan fingerprint density at radius 2 is 1.82 bits per heavy atom. The van der Waals surface area contributed by atoms with Crippen LogP contribution in [0.25, 0.3) is 0 Å². The Labute approximate surface area is 111 Å². The zero-order valence-electron chi connectivity index (χ0n) is 10.9. The van der Waals surface area contributed by atoms with Crippen LogP contribution in [0.2, 0.25) is 0 Å². The molecule has 0 aromatic rings. The second-order valence-corrected chi connectivity index (χ2v) is 6.42. The summed E-state index contributed by atoms with van der Waals surface area (Å²) in [6.07, 6.45) is 10.3. The minimum Gasteiger partial charge on any atom is -0.392 e. The van der Waals surface area contributed by atoms with Gasteiger partial charge in [0, 0.05) is 13.1 Å². The number of rotatable bonds is 3. The van der Waals surface area contributed by atoms with Gasteiger partial charge in [0.25, 0.3) is 0 Å². The number of aliphatic hydroxyl groups excluding tert-OH is 1. The van der Waals surface area contributed by atoms with Crippen molar-refractivity contribution in [3.63, 3.8) is 0 Å². The molecule has 2 nitrogen and oxygen atoms in total. The Kier molecular flexibility index (Phi) is 5.19. The molecule has 0 aromatic heterocycles. The molecule has 1 N–H and O–H groups in total. The van der Waals surface area contributed by atoms with Crippen LogP contribution in [0.5, 0.6) is 0 Å². The van der Waals surface area contributed by atoms with Gasteiger partial charge in [0.2, 0.25) is 0 Å². The standard InChI is InChI=1S/C14H27NOS/c16-13-6-5-9-15(10-13)11-14(12-17)7-3-1-2-4-8-14/h13,16-17H,1-12H2. The van der Waals surface area contributed by atoms with E-state index in [2.05, 4.69) is 17.5 Å². The lowest BCUT2D eigenvalue weighted by atomic mass is 9.81. The Morgan fingerprint density at radius 3 is 2.41 bits per heavy atom. The molecule has 1 aliphatic carbocycles. The quantitative estimate of drug-likeness (QED) is 0.600.